The van der Waals surface area contributed by atoms with Crippen molar-refractivity contribution >= 4 is 28.3 Å². The third kappa shape index (κ3) is 2.10. The summed E-state index contributed by atoms with van der Waals surface area (Å²) in [6.07, 6.45) is 0. The van der Waals surface area contributed by atoms with Crippen molar-refractivity contribution < 1.29 is 14.3 Å². The summed E-state index contributed by atoms with van der Waals surface area (Å²) in [6, 6.07) is 0. The number of ether oxygens (including phenoxy) is 2. The van der Waals surface area contributed by atoms with E-state index in [-0.39, 0.29) is 0 Å². The van der Waals surface area contributed by atoms with Crippen LogP contribution in [0, 0.1) is 0 Å². The van der Waals surface area contributed by atoms with Gasteiger partial charge in [0.2, 0.25) is 0 Å². The van der Waals surface area contributed by atoms with E-state index in [0.29, 0.717) is 42.1 Å². The van der Waals surface area contributed by atoms with Crippen LogP contribution in [0.25, 0.3) is 0 Å². The summed E-state index contributed by atoms with van der Waals surface area (Å²) < 4.78 is 9.94. The summed E-state index contributed by atoms with van der Waals surface area (Å²) in [5.74, 6) is 0.216. The van der Waals surface area contributed by atoms with E-state index in [0.717, 1.165) is 11.3 Å². The smallest absolute Gasteiger partial charge is 0.352 e. The molecule has 0 bridgehead atoms. The molecule has 2 rings (SSSR count). The van der Waals surface area contributed by atoms with Gasteiger partial charge in [0.25, 0.3) is 0 Å². The van der Waals surface area contributed by atoms with Crippen molar-refractivity contribution in [2.75, 3.05) is 44.0 Å². The number of aromatic nitrogens is 1. The van der Waals surface area contributed by atoms with Gasteiger partial charge in [0.1, 0.15) is 0 Å². The number of anilines is 2. The second-order valence-electron chi connectivity index (χ2n) is 3.30. The number of thiazole rings is 1. The first kappa shape index (κ1) is 11.2. The number of carbonyl (C=O) groups excluding carboxylic acids is 1. The quantitative estimate of drug-likeness (QED) is 0.755. The van der Waals surface area contributed by atoms with Gasteiger partial charge in [-0.25, -0.2) is 9.78 Å². The Morgan fingerprint density at radius 3 is 2.88 bits per heavy atom. The average molecular weight is 243 g/mol. The van der Waals surface area contributed by atoms with E-state index in [2.05, 4.69) is 4.98 Å². The van der Waals surface area contributed by atoms with Gasteiger partial charge < -0.3 is 20.1 Å². The van der Waals surface area contributed by atoms with Crippen LogP contribution in [0.2, 0.25) is 0 Å². The molecule has 6 nitrogen and oxygen atoms in total. The highest BCUT2D eigenvalue weighted by atomic mass is 32.1. The Morgan fingerprint density at radius 1 is 1.56 bits per heavy atom. The van der Waals surface area contributed by atoms with Crippen molar-refractivity contribution in [3.63, 3.8) is 0 Å². The number of nitrogens with zero attached hydrogens (tertiary/aromatic N) is 2. The summed E-state index contributed by atoms with van der Waals surface area (Å²) >= 11 is 1.15. The Bertz CT molecular complexity index is 387. The lowest BCUT2D eigenvalue weighted by Crippen LogP contribution is -2.37. The first-order valence-corrected chi connectivity index (χ1v) is 5.71. The average Bonchev–Trinajstić information content (AvgIpc) is 2.71. The van der Waals surface area contributed by atoms with Crippen molar-refractivity contribution in [2.24, 2.45) is 0 Å². The van der Waals surface area contributed by atoms with Crippen LogP contribution in [0.4, 0.5) is 10.9 Å². The van der Waals surface area contributed by atoms with E-state index in [4.69, 9.17) is 15.2 Å². The highest BCUT2D eigenvalue weighted by Gasteiger charge is 2.23. The maximum Gasteiger partial charge on any atom is 0.352 e. The fourth-order valence-electron chi connectivity index (χ4n) is 1.54. The molecule has 0 saturated carbocycles. The molecule has 16 heavy (non-hydrogen) atoms. The lowest BCUT2D eigenvalue weighted by molar-refractivity contribution is 0.0605. The van der Waals surface area contributed by atoms with Crippen LogP contribution >= 0.6 is 11.3 Å². The van der Waals surface area contributed by atoms with E-state index in [9.17, 15) is 4.79 Å². The maximum atomic E-state index is 11.5. The number of rotatable bonds is 2. The highest BCUT2D eigenvalue weighted by Crippen LogP contribution is 2.29. The van der Waals surface area contributed by atoms with Crippen molar-refractivity contribution in [2.45, 2.75) is 0 Å². The van der Waals surface area contributed by atoms with Gasteiger partial charge in [-0.3, -0.25) is 0 Å². The molecule has 1 aliphatic heterocycles. The van der Waals surface area contributed by atoms with Gasteiger partial charge in [-0.05, 0) is 0 Å². The first-order valence-electron chi connectivity index (χ1n) is 4.89. The molecule has 88 valence electrons. The van der Waals surface area contributed by atoms with E-state index >= 15 is 0 Å². The molecule has 1 fully saturated rings. The summed E-state index contributed by atoms with van der Waals surface area (Å²) in [6.45, 7) is 2.70. The van der Waals surface area contributed by atoms with E-state index in [1.54, 1.807) is 0 Å². The minimum absolute atomic E-state index is 0.377. The summed E-state index contributed by atoms with van der Waals surface area (Å²) in [4.78, 5) is 18.1. The number of nitrogen functional groups attached to an aromatic ring is 1. The third-order valence-corrected chi connectivity index (χ3v) is 3.16. The highest BCUT2D eigenvalue weighted by molar-refractivity contribution is 7.17. The van der Waals surface area contributed by atoms with Crippen molar-refractivity contribution in [1.82, 2.24) is 4.98 Å². The molecular weight excluding hydrogens is 230 g/mol. The lowest BCUT2D eigenvalue weighted by atomic mass is 10.4. The number of morpholine rings is 1. The van der Waals surface area contributed by atoms with Gasteiger partial charge in [0, 0.05) is 13.1 Å². The molecule has 1 aromatic heterocycles. The zero-order valence-corrected chi connectivity index (χ0v) is 9.75. The predicted octanol–water partition coefficient (Wildman–Crippen LogP) is 0.348. The molecule has 2 heterocycles. The predicted molar refractivity (Wildman–Crippen MR) is 60.9 cm³/mol. The van der Waals surface area contributed by atoms with E-state index < -0.39 is 5.97 Å². The molecule has 0 radical (unpaired) electrons. The Kier molecular flexibility index (Phi) is 3.25. The molecule has 0 spiro atoms. The van der Waals surface area contributed by atoms with Crippen LogP contribution in [-0.2, 0) is 9.47 Å². The summed E-state index contributed by atoms with van der Waals surface area (Å²) in [7, 11) is 1.35. The second kappa shape index (κ2) is 4.67. The third-order valence-electron chi connectivity index (χ3n) is 2.31. The molecule has 0 aromatic carbocycles. The second-order valence-corrected chi connectivity index (χ2v) is 4.33. The first-order chi connectivity index (χ1) is 7.72. The Morgan fingerprint density at radius 2 is 2.25 bits per heavy atom. The monoisotopic (exact) mass is 243 g/mol. The van der Waals surface area contributed by atoms with Crippen molar-refractivity contribution in [3.8, 4) is 0 Å². The van der Waals surface area contributed by atoms with Crippen molar-refractivity contribution in [1.29, 1.82) is 0 Å². The number of nitrogens with two attached hydrogens (primary N) is 1. The van der Waals surface area contributed by atoms with Gasteiger partial charge in [-0.1, -0.05) is 11.3 Å². The molecule has 0 atom stereocenters. The molecule has 2 N–H and O–H groups in total. The molecule has 0 unspecified atom stereocenters. The fraction of sp³-hybridized carbons (Fsp3) is 0.556. The van der Waals surface area contributed by atoms with Gasteiger partial charge in [0.05, 0.1) is 20.3 Å². The van der Waals surface area contributed by atoms with Crippen LogP contribution in [0.15, 0.2) is 0 Å². The molecule has 0 amide bonds. The largest absolute Gasteiger partial charge is 0.465 e. The lowest BCUT2D eigenvalue weighted by Gasteiger charge is -2.27. The van der Waals surface area contributed by atoms with Gasteiger partial charge in [0.15, 0.2) is 15.8 Å². The Balaban J connectivity index is 2.27. The minimum atomic E-state index is -0.393. The van der Waals surface area contributed by atoms with Crippen LogP contribution in [0.1, 0.15) is 9.67 Å². The molecular formula is C9H13N3O3S. The van der Waals surface area contributed by atoms with Gasteiger partial charge in [-0.15, -0.1) is 0 Å². The Labute approximate surface area is 97.0 Å². The van der Waals surface area contributed by atoms with Crippen LogP contribution in [0.3, 0.4) is 0 Å². The normalized spacial score (nSPS) is 16.2. The number of methoxy groups -OCH3 is 1. The Hall–Kier alpha value is -1.34. The number of hydrogen-bond acceptors (Lipinski definition) is 7. The van der Waals surface area contributed by atoms with Gasteiger partial charge in [-0.2, -0.15) is 0 Å². The molecule has 7 heteroatoms. The zero-order valence-electron chi connectivity index (χ0n) is 8.93. The molecule has 1 aliphatic rings. The SMILES string of the molecule is COC(=O)c1sc(N)nc1N1CCOCC1. The number of esters is 1. The van der Waals surface area contributed by atoms with Crippen LogP contribution in [0.5, 0.6) is 0 Å². The van der Waals surface area contributed by atoms with E-state index in [1.807, 2.05) is 4.90 Å². The standard InChI is InChI=1S/C9H13N3O3S/c1-14-8(13)6-7(11-9(10)16-6)12-2-4-15-5-3-12/h2-5H2,1H3,(H2,10,11). The van der Waals surface area contributed by atoms with Gasteiger partial charge >= 0.3 is 5.97 Å². The van der Waals surface area contributed by atoms with E-state index in [1.165, 1.54) is 7.11 Å². The van der Waals surface area contributed by atoms with Crippen molar-refractivity contribution in [3.05, 3.63) is 4.88 Å². The summed E-state index contributed by atoms with van der Waals surface area (Å²) in [5.41, 5.74) is 5.62. The number of carbonyl (C=O) groups is 1. The minimum Gasteiger partial charge on any atom is -0.465 e. The molecule has 1 saturated heterocycles. The van der Waals surface area contributed by atoms with Crippen LogP contribution in [-0.4, -0.2) is 44.4 Å². The summed E-state index contributed by atoms with van der Waals surface area (Å²) in [5, 5.41) is 0.377. The topological polar surface area (TPSA) is 77.7 Å². The maximum absolute atomic E-state index is 11.5. The van der Waals surface area contributed by atoms with Crippen LogP contribution < -0.4 is 10.6 Å². The molecule has 1 aromatic rings. The number of hydrogen-bond donors (Lipinski definition) is 1. The fourth-order valence-corrected chi connectivity index (χ4v) is 2.32. The molecule has 0 aliphatic carbocycles. The zero-order chi connectivity index (χ0) is 11.5.